The Bertz CT molecular complexity index is 1550. The molecule has 3 aromatic heterocycles. The van der Waals surface area contributed by atoms with Gasteiger partial charge in [-0.25, -0.2) is 9.78 Å². The Morgan fingerprint density at radius 2 is 2.00 bits per heavy atom. The first-order valence-electron chi connectivity index (χ1n) is 13.3. The quantitative estimate of drug-likeness (QED) is 0.337. The van der Waals surface area contributed by atoms with Gasteiger partial charge in [0.2, 0.25) is 0 Å². The van der Waals surface area contributed by atoms with Gasteiger partial charge >= 0.3 is 6.03 Å². The average Bonchev–Trinajstić information content (AvgIpc) is 3.56. The fourth-order valence-electron chi connectivity index (χ4n) is 5.73. The van der Waals surface area contributed by atoms with E-state index in [1.165, 1.54) is 6.92 Å². The number of aromatic nitrogens is 4. The number of aliphatic hydroxyl groups is 1. The van der Waals surface area contributed by atoms with Crippen LogP contribution < -0.4 is 16.4 Å². The van der Waals surface area contributed by atoms with E-state index in [1.54, 1.807) is 21.8 Å². The number of nitrogen functional groups attached to an aromatic ring is 1. The molecule has 2 fully saturated rings. The van der Waals surface area contributed by atoms with Crippen LogP contribution in [-0.4, -0.2) is 79.1 Å². The van der Waals surface area contributed by atoms with Crippen LogP contribution in [0.15, 0.2) is 42.8 Å². The smallest absolute Gasteiger partial charge is 0.315 e. The molecule has 6 rings (SSSR count). The number of urea groups is 1. The third kappa shape index (κ3) is 4.49. The largest absolute Gasteiger partial charge is 0.384 e. The zero-order valence-electron chi connectivity index (χ0n) is 21.9. The molecule has 1 aliphatic carbocycles. The molecule has 2 saturated heterocycles. The van der Waals surface area contributed by atoms with Gasteiger partial charge in [-0.2, -0.15) is 9.61 Å². The van der Waals surface area contributed by atoms with Gasteiger partial charge in [-0.1, -0.05) is 24.3 Å². The SMILES string of the molecule is C[C@@H](O)C(=O)N1CCC(c2nc3c(-c4ccc(C5=CC6NC(=O)NC6C=C5)nc4)cnn3c(N)c2CC=O)CC1. The summed E-state index contributed by atoms with van der Waals surface area (Å²) in [5, 5.41) is 19.9. The van der Waals surface area contributed by atoms with Crippen LogP contribution in [0.3, 0.4) is 0 Å². The number of rotatable bonds is 6. The first kappa shape index (κ1) is 25.7. The first-order chi connectivity index (χ1) is 19.3. The average molecular weight is 543 g/mol. The van der Waals surface area contributed by atoms with Gasteiger partial charge in [0, 0.05) is 48.3 Å². The normalized spacial score (nSPS) is 21.5. The molecular weight excluding hydrogens is 512 g/mol. The van der Waals surface area contributed by atoms with Crippen molar-refractivity contribution in [3.8, 4) is 11.1 Å². The van der Waals surface area contributed by atoms with Crippen LogP contribution in [0.25, 0.3) is 22.3 Å². The number of likely N-dealkylation sites (tertiary alicyclic amines) is 1. The zero-order chi connectivity index (χ0) is 28.0. The number of pyridine rings is 1. The van der Waals surface area contributed by atoms with Gasteiger partial charge in [-0.05, 0) is 31.4 Å². The highest BCUT2D eigenvalue weighted by molar-refractivity contribution is 5.84. The maximum atomic E-state index is 12.2. The van der Waals surface area contributed by atoms with E-state index in [0.717, 1.165) is 34.4 Å². The van der Waals surface area contributed by atoms with Crippen molar-refractivity contribution < 1.29 is 19.5 Å². The minimum atomic E-state index is -1.04. The second kappa shape index (κ2) is 10.2. The molecule has 0 saturated carbocycles. The summed E-state index contributed by atoms with van der Waals surface area (Å²) in [6.45, 7) is 2.45. The van der Waals surface area contributed by atoms with Crippen molar-refractivity contribution in [3.05, 3.63) is 59.7 Å². The Hall–Kier alpha value is -4.58. The molecule has 3 amide bonds. The van der Waals surface area contributed by atoms with Crippen molar-refractivity contribution >= 4 is 35.3 Å². The molecule has 5 heterocycles. The summed E-state index contributed by atoms with van der Waals surface area (Å²) in [4.78, 5) is 46.7. The van der Waals surface area contributed by atoms with Crippen LogP contribution in [0.5, 0.6) is 0 Å². The van der Waals surface area contributed by atoms with Crippen LogP contribution in [0, 0.1) is 0 Å². The number of aldehydes is 1. The molecule has 12 heteroatoms. The number of hydrogen-bond donors (Lipinski definition) is 4. The third-order valence-electron chi connectivity index (χ3n) is 7.85. The number of aliphatic hydroxyl groups excluding tert-OH is 1. The number of amides is 3. The number of hydrogen-bond acceptors (Lipinski definition) is 8. The Kier molecular flexibility index (Phi) is 6.54. The van der Waals surface area contributed by atoms with E-state index in [4.69, 9.17) is 10.7 Å². The van der Waals surface area contributed by atoms with E-state index in [1.807, 2.05) is 30.4 Å². The summed E-state index contributed by atoms with van der Waals surface area (Å²) >= 11 is 0. The Balaban J connectivity index is 1.31. The van der Waals surface area contributed by atoms with E-state index in [2.05, 4.69) is 20.7 Å². The fraction of sp³-hybridized carbons (Fsp3) is 0.357. The number of carbonyl (C=O) groups is 3. The van der Waals surface area contributed by atoms with Gasteiger partial charge in [0.15, 0.2) is 5.65 Å². The third-order valence-corrected chi connectivity index (χ3v) is 7.85. The summed E-state index contributed by atoms with van der Waals surface area (Å²) in [7, 11) is 0. The fourth-order valence-corrected chi connectivity index (χ4v) is 5.73. The maximum Gasteiger partial charge on any atom is 0.315 e. The van der Waals surface area contributed by atoms with Gasteiger partial charge in [0.1, 0.15) is 18.2 Å². The summed E-state index contributed by atoms with van der Waals surface area (Å²) in [6.07, 6.45) is 10.5. The van der Waals surface area contributed by atoms with Crippen LogP contribution in [0.4, 0.5) is 10.6 Å². The lowest BCUT2D eigenvalue weighted by atomic mass is 9.89. The van der Waals surface area contributed by atoms with E-state index < -0.39 is 6.10 Å². The molecular formula is C28H30N8O4. The zero-order valence-corrected chi connectivity index (χ0v) is 21.9. The molecule has 2 unspecified atom stereocenters. The molecule has 206 valence electrons. The molecule has 0 aromatic carbocycles. The number of allylic oxidation sites excluding steroid dienone is 2. The summed E-state index contributed by atoms with van der Waals surface area (Å²) in [6, 6.07) is 3.50. The second-order valence-electron chi connectivity index (χ2n) is 10.4. The molecule has 3 aromatic rings. The molecule has 2 aliphatic heterocycles. The van der Waals surface area contributed by atoms with Crippen molar-refractivity contribution in [1.82, 2.24) is 35.1 Å². The second-order valence-corrected chi connectivity index (χ2v) is 10.4. The number of carbonyl (C=O) groups excluding carboxylic acids is 3. The highest BCUT2D eigenvalue weighted by Gasteiger charge is 2.31. The van der Waals surface area contributed by atoms with Gasteiger partial charge < -0.3 is 31.2 Å². The van der Waals surface area contributed by atoms with E-state index >= 15 is 0 Å². The predicted octanol–water partition coefficient (Wildman–Crippen LogP) is 1.20. The highest BCUT2D eigenvalue weighted by atomic mass is 16.3. The Morgan fingerprint density at radius 3 is 2.70 bits per heavy atom. The number of nitrogens with zero attached hydrogens (tertiary/aromatic N) is 5. The van der Waals surface area contributed by atoms with Crippen LogP contribution in [0.1, 0.15) is 42.6 Å². The predicted molar refractivity (Wildman–Crippen MR) is 147 cm³/mol. The molecule has 12 nitrogen and oxygen atoms in total. The maximum absolute atomic E-state index is 12.2. The lowest BCUT2D eigenvalue weighted by Crippen LogP contribution is -2.42. The molecule has 0 spiro atoms. The van der Waals surface area contributed by atoms with Crippen molar-refractivity contribution in [2.45, 2.75) is 50.3 Å². The van der Waals surface area contributed by atoms with Crippen LogP contribution in [-0.2, 0) is 16.0 Å². The Morgan fingerprint density at radius 1 is 1.23 bits per heavy atom. The van der Waals surface area contributed by atoms with Gasteiger partial charge in [0.25, 0.3) is 5.91 Å². The highest BCUT2D eigenvalue weighted by Crippen LogP contribution is 2.35. The number of nitrogens with one attached hydrogen (secondary N) is 2. The lowest BCUT2D eigenvalue weighted by molar-refractivity contribution is -0.140. The number of fused-ring (bicyclic) bond motifs is 2. The van der Waals surface area contributed by atoms with Crippen LogP contribution in [0.2, 0.25) is 0 Å². The topological polar surface area (TPSA) is 168 Å². The van der Waals surface area contributed by atoms with Crippen molar-refractivity contribution in [2.75, 3.05) is 18.8 Å². The lowest BCUT2D eigenvalue weighted by Gasteiger charge is -2.33. The molecule has 3 aliphatic rings. The number of piperidine rings is 1. The minimum Gasteiger partial charge on any atom is -0.384 e. The van der Waals surface area contributed by atoms with E-state index in [0.29, 0.717) is 43.0 Å². The monoisotopic (exact) mass is 542 g/mol. The van der Waals surface area contributed by atoms with Crippen molar-refractivity contribution in [1.29, 1.82) is 0 Å². The molecule has 0 radical (unpaired) electrons. The molecule has 5 N–H and O–H groups in total. The van der Waals surface area contributed by atoms with Crippen LogP contribution >= 0.6 is 0 Å². The number of nitrogens with two attached hydrogens (primary N) is 1. The summed E-state index contributed by atoms with van der Waals surface area (Å²) in [5.41, 5.74) is 11.7. The summed E-state index contributed by atoms with van der Waals surface area (Å²) < 4.78 is 1.56. The summed E-state index contributed by atoms with van der Waals surface area (Å²) in [5.74, 6) is 0.0835. The van der Waals surface area contributed by atoms with Gasteiger partial charge in [-0.15, -0.1) is 0 Å². The van der Waals surface area contributed by atoms with Crippen molar-refractivity contribution in [2.24, 2.45) is 0 Å². The molecule has 40 heavy (non-hydrogen) atoms. The molecule has 3 atom stereocenters. The standard InChI is InChI=1S/C28H30N8O4/c1-15(38)27(39)35-9-6-16(7-10-35)24-19(8-11-37)25(29)36-26(34-24)20(14-31-36)18-3-4-21(30-13-18)17-2-5-22-23(12-17)33-28(40)32-22/h2-5,11-16,22-23,38H,6-10,29H2,1H3,(H2,32,33,40)/t15-,22?,23?/m1/s1. The van der Waals surface area contributed by atoms with Gasteiger partial charge in [-0.3, -0.25) is 9.78 Å². The number of anilines is 1. The Labute approximate surface area is 230 Å². The van der Waals surface area contributed by atoms with Gasteiger partial charge in [0.05, 0.1) is 29.7 Å². The van der Waals surface area contributed by atoms with Crippen molar-refractivity contribution in [3.63, 3.8) is 0 Å². The van der Waals surface area contributed by atoms with E-state index in [9.17, 15) is 19.5 Å². The van der Waals surface area contributed by atoms with E-state index in [-0.39, 0.29) is 36.4 Å². The molecule has 0 bridgehead atoms. The first-order valence-corrected chi connectivity index (χ1v) is 13.3. The minimum absolute atomic E-state index is 0.00275.